The summed E-state index contributed by atoms with van der Waals surface area (Å²) in [5.74, 6) is 0.817. The highest BCUT2D eigenvalue weighted by Crippen LogP contribution is 2.40. The molecule has 2 N–H and O–H groups in total. The molecular formula is C12H18ClN3OS. The van der Waals surface area contributed by atoms with Gasteiger partial charge in [-0.05, 0) is 32.2 Å². The normalized spacial score (nSPS) is 22.6. The quantitative estimate of drug-likeness (QED) is 0.888. The second kappa shape index (κ2) is 5.99. The van der Waals surface area contributed by atoms with Crippen molar-refractivity contribution in [2.24, 2.45) is 0 Å². The molecule has 1 atom stereocenters. The lowest BCUT2D eigenvalue weighted by atomic mass is 10.2. The average molecular weight is 288 g/mol. The second-order valence-electron chi connectivity index (χ2n) is 4.81. The Morgan fingerprint density at radius 1 is 1.50 bits per heavy atom. The van der Waals surface area contributed by atoms with Crippen molar-refractivity contribution in [3.63, 3.8) is 0 Å². The number of halogens is 1. The Bertz CT molecular complexity index is 413. The molecule has 2 heterocycles. The lowest BCUT2D eigenvalue weighted by Crippen LogP contribution is -2.39. The van der Waals surface area contributed by atoms with Crippen LogP contribution in [0.2, 0.25) is 0 Å². The Morgan fingerprint density at radius 3 is 3.00 bits per heavy atom. The van der Waals surface area contributed by atoms with Gasteiger partial charge in [0.1, 0.15) is 5.01 Å². The number of aromatic nitrogens is 1. The summed E-state index contributed by atoms with van der Waals surface area (Å²) >= 11 is 1.66. The van der Waals surface area contributed by atoms with Crippen LogP contribution in [0.15, 0.2) is 5.38 Å². The average Bonchev–Trinajstić information content (AvgIpc) is 2.88. The first-order valence-electron chi connectivity index (χ1n) is 6.28. The van der Waals surface area contributed by atoms with Crippen molar-refractivity contribution >= 4 is 29.7 Å². The van der Waals surface area contributed by atoms with Crippen LogP contribution in [0.3, 0.4) is 0 Å². The highest BCUT2D eigenvalue weighted by atomic mass is 35.5. The van der Waals surface area contributed by atoms with Gasteiger partial charge in [0.05, 0.1) is 18.3 Å². The van der Waals surface area contributed by atoms with Crippen LogP contribution < -0.4 is 10.6 Å². The van der Waals surface area contributed by atoms with Crippen molar-refractivity contribution in [1.82, 2.24) is 15.6 Å². The molecule has 1 aliphatic carbocycles. The Kier molecular flexibility index (Phi) is 4.59. The van der Waals surface area contributed by atoms with E-state index in [0.717, 1.165) is 24.4 Å². The zero-order chi connectivity index (χ0) is 11.7. The highest BCUT2D eigenvalue weighted by molar-refractivity contribution is 7.09. The standard InChI is InChI=1S/C12H17N3OS.ClH/c16-12(9-2-1-5-13-9)14-6-11-15-10(7-17-11)8-3-4-8;/h7-9,13H,1-6H2,(H,14,16);1H/t9-;/m0./s1. The Hall–Kier alpha value is -0.650. The molecule has 0 unspecified atom stereocenters. The minimum absolute atomic E-state index is 0. The number of carbonyl (C=O) groups excluding carboxylic acids is 1. The maximum absolute atomic E-state index is 11.8. The van der Waals surface area contributed by atoms with E-state index >= 15 is 0 Å². The molecule has 1 saturated carbocycles. The van der Waals surface area contributed by atoms with Crippen LogP contribution in [-0.2, 0) is 11.3 Å². The van der Waals surface area contributed by atoms with Gasteiger partial charge in [-0.2, -0.15) is 0 Å². The van der Waals surface area contributed by atoms with Crippen LogP contribution in [0, 0.1) is 0 Å². The van der Waals surface area contributed by atoms with E-state index in [2.05, 4.69) is 21.0 Å². The first kappa shape index (κ1) is 13.8. The first-order chi connectivity index (χ1) is 8.33. The number of amides is 1. The maximum atomic E-state index is 11.8. The number of carbonyl (C=O) groups is 1. The number of hydrogen-bond acceptors (Lipinski definition) is 4. The molecule has 1 aromatic rings. The third-order valence-corrected chi connectivity index (χ3v) is 4.22. The predicted octanol–water partition coefficient (Wildman–Crippen LogP) is 1.81. The largest absolute Gasteiger partial charge is 0.348 e. The molecule has 6 heteroatoms. The van der Waals surface area contributed by atoms with E-state index in [4.69, 9.17) is 0 Å². The summed E-state index contributed by atoms with van der Waals surface area (Å²) < 4.78 is 0. The molecule has 2 aliphatic rings. The lowest BCUT2D eigenvalue weighted by Gasteiger charge is -2.09. The summed E-state index contributed by atoms with van der Waals surface area (Å²) in [5.41, 5.74) is 1.22. The van der Waals surface area contributed by atoms with E-state index in [9.17, 15) is 4.79 Å². The Morgan fingerprint density at radius 2 is 2.33 bits per heavy atom. The number of thiazole rings is 1. The summed E-state index contributed by atoms with van der Waals surface area (Å²) in [6, 6.07) is 0.0119. The van der Waals surface area contributed by atoms with Crippen LogP contribution in [-0.4, -0.2) is 23.5 Å². The lowest BCUT2D eigenvalue weighted by molar-refractivity contribution is -0.122. The molecule has 18 heavy (non-hydrogen) atoms. The summed E-state index contributed by atoms with van der Waals surface area (Å²) in [5, 5.41) is 9.32. The van der Waals surface area contributed by atoms with Gasteiger partial charge in [0.15, 0.2) is 0 Å². The van der Waals surface area contributed by atoms with Crippen molar-refractivity contribution < 1.29 is 4.79 Å². The van der Waals surface area contributed by atoms with Gasteiger partial charge in [0, 0.05) is 11.3 Å². The maximum Gasteiger partial charge on any atom is 0.237 e. The molecule has 3 rings (SSSR count). The van der Waals surface area contributed by atoms with Gasteiger partial charge in [-0.25, -0.2) is 4.98 Å². The highest BCUT2D eigenvalue weighted by Gasteiger charge is 2.26. The SMILES string of the molecule is Cl.O=C(NCc1nc(C2CC2)cs1)[C@@H]1CCCN1. The molecule has 4 nitrogen and oxygen atoms in total. The van der Waals surface area contributed by atoms with E-state index < -0.39 is 0 Å². The molecule has 1 saturated heterocycles. The van der Waals surface area contributed by atoms with Crippen LogP contribution in [0.4, 0.5) is 0 Å². The van der Waals surface area contributed by atoms with Crippen LogP contribution in [0.1, 0.15) is 42.3 Å². The summed E-state index contributed by atoms with van der Waals surface area (Å²) in [4.78, 5) is 16.3. The molecule has 0 aromatic carbocycles. The fourth-order valence-electron chi connectivity index (χ4n) is 2.17. The zero-order valence-corrected chi connectivity index (χ0v) is 11.8. The van der Waals surface area contributed by atoms with Gasteiger partial charge in [-0.1, -0.05) is 0 Å². The number of nitrogens with zero attached hydrogens (tertiary/aromatic N) is 1. The monoisotopic (exact) mass is 287 g/mol. The van der Waals surface area contributed by atoms with Crippen LogP contribution >= 0.6 is 23.7 Å². The predicted molar refractivity (Wildman–Crippen MR) is 74.2 cm³/mol. The molecular weight excluding hydrogens is 270 g/mol. The van der Waals surface area contributed by atoms with Crippen molar-refractivity contribution in [3.8, 4) is 0 Å². The van der Waals surface area contributed by atoms with E-state index in [1.807, 2.05) is 0 Å². The minimum atomic E-state index is 0. The molecule has 0 radical (unpaired) electrons. The van der Waals surface area contributed by atoms with E-state index in [1.54, 1.807) is 11.3 Å². The molecule has 2 fully saturated rings. The Labute approximate surface area is 117 Å². The van der Waals surface area contributed by atoms with Gasteiger partial charge >= 0.3 is 0 Å². The molecule has 0 bridgehead atoms. The molecule has 0 spiro atoms. The summed E-state index contributed by atoms with van der Waals surface area (Å²) in [6.45, 7) is 1.54. The second-order valence-corrected chi connectivity index (χ2v) is 5.75. The van der Waals surface area contributed by atoms with Crippen LogP contribution in [0.5, 0.6) is 0 Å². The van der Waals surface area contributed by atoms with Crippen molar-refractivity contribution in [2.75, 3.05) is 6.54 Å². The third-order valence-electron chi connectivity index (χ3n) is 3.36. The third kappa shape index (κ3) is 3.22. The fraction of sp³-hybridized carbons (Fsp3) is 0.667. The fourth-order valence-corrected chi connectivity index (χ4v) is 2.98. The Balaban J connectivity index is 0.00000120. The zero-order valence-electron chi connectivity index (χ0n) is 10.1. The minimum Gasteiger partial charge on any atom is -0.348 e. The van der Waals surface area contributed by atoms with Gasteiger partial charge in [0.25, 0.3) is 0 Å². The molecule has 1 aromatic heterocycles. The first-order valence-corrected chi connectivity index (χ1v) is 7.16. The number of rotatable bonds is 4. The number of nitrogens with one attached hydrogen (secondary N) is 2. The van der Waals surface area contributed by atoms with Gasteiger partial charge < -0.3 is 10.6 Å². The van der Waals surface area contributed by atoms with Gasteiger partial charge in [-0.3, -0.25) is 4.79 Å². The summed E-state index contributed by atoms with van der Waals surface area (Å²) in [7, 11) is 0. The van der Waals surface area contributed by atoms with Gasteiger partial charge in [0.2, 0.25) is 5.91 Å². The molecule has 1 aliphatic heterocycles. The van der Waals surface area contributed by atoms with Crippen molar-refractivity contribution in [3.05, 3.63) is 16.1 Å². The van der Waals surface area contributed by atoms with E-state index in [-0.39, 0.29) is 24.4 Å². The molecule has 100 valence electrons. The summed E-state index contributed by atoms with van der Waals surface area (Å²) in [6.07, 6.45) is 4.61. The number of hydrogen-bond donors (Lipinski definition) is 2. The van der Waals surface area contributed by atoms with Crippen LogP contribution in [0.25, 0.3) is 0 Å². The van der Waals surface area contributed by atoms with Crippen molar-refractivity contribution in [2.45, 2.75) is 44.2 Å². The van der Waals surface area contributed by atoms with Gasteiger partial charge in [-0.15, -0.1) is 23.7 Å². The van der Waals surface area contributed by atoms with E-state index in [0.29, 0.717) is 12.5 Å². The van der Waals surface area contributed by atoms with E-state index in [1.165, 1.54) is 18.5 Å². The molecule has 1 amide bonds. The van der Waals surface area contributed by atoms with Crippen molar-refractivity contribution in [1.29, 1.82) is 0 Å². The smallest absolute Gasteiger partial charge is 0.237 e. The topological polar surface area (TPSA) is 54.0 Å².